The molecule has 0 saturated carbocycles. The molecule has 0 saturated heterocycles. The van der Waals surface area contributed by atoms with Crippen LogP contribution in [0, 0.1) is 0 Å². The second-order valence-corrected chi connectivity index (χ2v) is 4.58. The summed E-state index contributed by atoms with van der Waals surface area (Å²) in [6.07, 6.45) is 8.15. The molecular weight excluding hydrogens is 218 g/mol. The van der Waals surface area contributed by atoms with E-state index in [2.05, 4.69) is 55.2 Å². The Morgan fingerprint density at radius 3 is 2.61 bits per heavy atom. The Morgan fingerprint density at radius 2 is 1.89 bits per heavy atom. The van der Waals surface area contributed by atoms with Crippen LogP contribution in [-0.4, -0.2) is 4.98 Å². The van der Waals surface area contributed by atoms with Crippen molar-refractivity contribution in [2.75, 3.05) is 0 Å². The first kappa shape index (κ1) is 12.6. The summed E-state index contributed by atoms with van der Waals surface area (Å²) >= 11 is 0. The number of pyridine rings is 1. The molecule has 0 N–H and O–H groups in total. The van der Waals surface area contributed by atoms with E-state index in [1.807, 2.05) is 18.5 Å². The van der Waals surface area contributed by atoms with E-state index in [0.717, 1.165) is 12.8 Å². The van der Waals surface area contributed by atoms with Gasteiger partial charge >= 0.3 is 0 Å². The van der Waals surface area contributed by atoms with Crippen LogP contribution in [0.2, 0.25) is 0 Å². The van der Waals surface area contributed by atoms with E-state index in [1.165, 1.54) is 22.3 Å². The monoisotopic (exact) mass is 237 g/mol. The lowest BCUT2D eigenvalue weighted by Gasteiger charge is -2.07. The highest BCUT2D eigenvalue weighted by Crippen LogP contribution is 2.15. The third-order valence-corrected chi connectivity index (χ3v) is 3.07. The zero-order valence-corrected chi connectivity index (χ0v) is 11.1. The summed E-state index contributed by atoms with van der Waals surface area (Å²) in [5, 5.41) is 0. The number of benzene rings is 1. The summed E-state index contributed by atoms with van der Waals surface area (Å²) < 4.78 is 0. The van der Waals surface area contributed by atoms with Gasteiger partial charge in [0.2, 0.25) is 0 Å². The Morgan fingerprint density at radius 1 is 1.11 bits per heavy atom. The summed E-state index contributed by atoms with van der Waals surface area (Å²) in [7, 11) is 0. The van der Waals surface area contributed by atoms with Gasteiger partial charge in [0.25, 0.3) is 0 Å². The molecule has 0 aliphatic rings. The van der Waals surface area contributed by atoms with Gasteiger partial charge in [-0.15, -0.1) is 0 Å². The third kappa shape index (κ3) is 3.30. The van der Waals surface area contributed by atoms with E-state index < -0.39 is 0 Å². The van der Waals surface area contributed by atoms with Gasteiger partial charge in [0.1, 0.15) is 0 Å². The molecule has 0 radical (unpaired) electrons. The zero-order chi connectivity index (χ0) is 12.8. The molecule has 0 spiro atoms. The normalized spacial score (nSPS) is 11.6. The standard InChI is InChI=1S/C17H19N/c1-3-16-13-18-10-9-17(16)12-14(2)11-15-7-5-4-6-8-15/h4-11,13H,3,12H2,1-2H3. The SMILES string of the molecule is CCc1cnccc1CC(C)=Cc1ccccc1. The molecule has 1 heterocycles. The van der Waals surface area contributed by atoms with Crippen molar-refractivity contribution >= 4 is 6.08 Å². The van der Waals surface area contributed by atoms with Crippen LogP contribution in [-0.2, 0) is 12.8 Å². The third-order valence-electron chi connectivity index (χ3n) is 3.07. The molecule has 18 heavy (non-hydrogen) atoms. The smallest absolute Gasteiger partial charge is 0.0302 e. The molecule has 1 heteroatoms. The van der Waals surface area contributed by atoms with Crippen molar-refractivity contribution in [2.45, 2.75) is 26.7 Å². The molecule has 0 aliphatic carbocycles. The Labute approximate surface area is 109 Å². The van der Waals surface area contributed by atoms with E-state index in [-0.39, 0.29) is 0 Å². The second-order valence-electron chi connectivity index (χ2n) is 4.58. The molecule has 2 aromatic rings. The van der Waals surface area contributed by atoms with Gasteiger partial charge in [0.05, 0.1) is 0 Å². The van der Waals surface area contributed by atoms with Crippen LogP contribution in [0.1, 0.15) is 30.5 Å². The number of allylic oxidation sites excluding steroid dienone is 1. The van der Waals surface area contributed by atoms with Crippen molar-refractivity contribution in [3.8, 4) is 0 Å². The minimum absolute atomic E-state index is 1.00. The van der Waals surface area contributed by atoms with Crippen LogP contribution < -0.4 is 0 Å². The maximum atomic E-state index is 4.19. The lowest BCUT2D eigenvalue weighted by molar-refractivity contribution is 1.02. The van der Waals surface area contributed by atoms with Crippen molar-refractivity contribution in [1.82, 2.24) is 4.98 Å². The lowest BCUT2D eigenvalue weighted by atomic mass is 10.00. The molecule has 0 unspecified atom stereocenters. The fourth-order valence-electron chi connectivity index (χ4n) is 2.13. The highest BCUT2D eigenvalue weighted by molar-refractivity contribution is 5.53. The first-order valence-corrected chi connectivity index (χ1v) is 6.43. The van der Waals surface area contributed by atoms with Gasteiger partial charge in [0, 0.05) is 12.4 Å². The summed E-state index contributed by atoms with van der Waals surface area (Å²) in [5.41, 5.74) is 5.37. The van der Waals surface area contributed by atoms with Crippen molar-refractivity contribution < 1.29 is 0 Å². The maximum absolute atomic E-state index is 4.19. The average Bonchev–Trinajstić information content (AvgIpc) is 2.40. The number of nitrogens with zero attached hydrogens (tertiary/aromatic N) is 1. The number of rotatable bonds is 4. The van der Waals surface area contributed by atoms with Crippen LogP contribution >= 0.6 is 0 Å². The van der Waals surface area contributed by atoms with Gasteiger partial charge in [-0.25, -0.2) is 0 Å². The molecule has 2 rings (SSSR count). The minimum atomic E-state index is 1.00. The topological polar surface area (TPSA) is 12.9 Å². The van der Waals surface area contributed by atoms with Crippen molar-refractivity contribution in [2.24, 2.45) is 0 Å². The van der Waals surface area contributed by atoms with E-state index in [9.17, 15) is 0 Å². The van der Waals surface area contributed by atoms with Crippen LogP contribution in [0.15, 0.2) is 54.4 Å². The number of hydrogen-bond donors (Lipinski definition) is 0. The molecule has 0 atom stereocenters. The van der Waals surface area contributed by atoms with E-state index in [0.29, 0.717) is 0 Å². The molecular formula is C17H19N. The summed E-state index contributed by atoms with van der Waals surface area (Å²) in [5.74, 6) is 0. The summed E-state index contributed by atoms with van der Waals surface area (Å²) in [6.45, 7) is 4.36. The van der Waals surface area contributed by atoms with Crippen LogP contribution in [0.3, 0.4) is 0 Å². The van der Waals surface area contributed by atoms with E-state index in [4.69, 9.17) is 0 Å². The average molecular weight is 237 g/mol. The second kappa shape index (κ2) is 6.15. The van der Waals surface area contributed by atoms with Gasteiger partial charge in [-0.2, -0.15) is 0 Å². The quantitative estimate of drug-likeness (QED) is 0.773. The van der Waals surface area contributed by atoms with Crippen LogP contribution in [0.5, 0.6) is 0 Å². The number of hydrogen-bond acceptors (Lipinski definition) is 1. The fraction of sp³-hybridized carbons (Fsp3) is 0.235. The van der Waals surface area contributed by atoms with E-state index in [1.54, 1.807) is 0 Å². The molecule has 0 amide bonds. The fourth-order valence-corrected chi connectivity index (χ4v) is 2.13. The predicted octanol–water partition coefficient (Wildman–Crippen LogP) is 4.29. The first-order valence-electron chi connectivity index (χ1n) is 6.43. The molecule has 0 aliphatic heterocycles. The predicted molar refractivity (Wildman–Crippen MR) is 77.4 cm³/mol. The molecule has 0 fully saturated rings. The van der Waals surface area contributed by atoms with Gasteiger partial charge in [-0.05, 0) is 42.5 Å². The zero-order valence-electron chi connectivity index (χ0n) is 11.1. The van der Waals surface area contributed by atoms with E-state index >= 15 is 0 Å². The Kier molecular flexibility index (Phi) is 4.30. The molecule has 1 aromatic heterocycles. The highest BCUT2D eigenvalue weighted by Gasteiger charge is 2.01. The van der Waals surface area contributed by atoms with Crippen molar-refractivity contribution in [1.29, 1.82) is 0 Å². The Bertz CT molecular complexity index is 526. The summed E-state index contributed by atoms with van der Waals surface area (Å²) in [6, 6.07) is 12.6. The summed E-state index contributed by atoms with van der Waals surface area (Å²) in [4.78, 5) is 4.19. The maximum Gasteiger partial charge on any atom is 0.0302 e. The number of aromatic nitrogens is 1. The molecule has 1 aromatic carbocycles. The molecule has 92 valence electrons. The Balaban J connectivity index is 2.16. The van der Waals surface area contributed by atoms with Crippen LogP contribution in [0.25, 0.3) is 6.08 Å². The van der Waals surface area contributed by atoms with Crippen LogP contribution in [0.4, 0.5) is 0 Å². The largest absolute Gasteiger partial charge is 0.264 e. The molecule has 1 nitrogen and oxygen atoms in total. The minimum Gasteiger partial charge on any atom is -0.264 e. The van der Waals surface area contributed by atoms with Gasteiger partial charge < -0.3 is 0 Å². The lowest BCUT2D eigenvalue weighted by Crippen LogP contribution is -1.95. The number of aryl methyl sites for hydroxylation is 1. The van der Waals surface area contributed by atoms with Gasteiger partial charge in [-0.3, -0.25) is 4.98 Å². The molecule has 0 bridgehead atoms. The van der Waals surface area contributed by atoms with Gasteiger partial charge in [0.15, 0.2) is 0 Å². The highest BCUT2D eigenvalue weighted by atomic mass is 14.6. The van der Waals surface area contributed by atoms with Crippen molar-refractivity contribution in [3.05, 3.63) is 71.1 Å². The Hall–Kier alpha value is -1.89. The van der Waals surface area contributed by atoms with Gasteiger partial charge in [-0.1, -0.05) is 48.9 Å². The van der Waals surface area contributed by atoms with Crippen molar-refractivity contribution in [3.63, 3.8) is 0 Å². The first-order chi connectivity index (χ1) is 8.79.